The van der Waals surface area contributed by atoms with E-state index in [1.165, 1.54) is 231 Å². The Bertz CT molecular complexity index is 1380. The third kappa shape index (κ3) is 44.4. The zero-order valence-corrected chi connectivity index (χ0v) is 51.8. The van der Waals surface area contributed by atoms with Crippen LogP contribution in [0.1, 0.15) is 335 Å². The van der Waals surface area contributed by atoms with E-state index >= 15 is 0 Å². The molecule has 79 heavy (non-hydrogen) atoms. The Balaban J connectivity index is 2.53. The van der Waals surface area contributed by atoms with Gasteiger partial charge in [-0.15, -0.1) is 0 Å². The van der Waals surface area contributed by atoms with Gasteiger partial charge in [-0.1, -0.05) is 302 Å². The Morgan fingerprint density at radius 2 is 0.835 bits per heavy atom. The van der Waals surface area contributed by atoms with E-state index in [0.29, 0.717) is 19.3 Å². The molecule has 0 bridgehead atoms. The summed E-state index contributed by atoms with van der Waals surface area (Å²) >= 11 is 0. The molecule has 1 aliphatic rings. The molecule has 466 valence electrons. The number of hydrogen-bond donors (Lipinski definition) is 6. The third-order valence-corrected chi connectivity index (χ3v) is 16.4. The Morgan fingerprint density at radius 1 is 0.481 bits per heavy atom. The molecular formula is C68H129NO10. The number of ether oxygens (including phenoxy) is 3. The first-order valence-electron chi connectivity index (χ1n) is 34.1. The number of carbonyl (C=O) groups excluding carboxylic acids is 2. The van der Waals surface area contributed by atoms with Crippen molar-refractivity contribution in [1.82, 2.24) is 5.32 Å². The molecule has 0 spiro atoms. The van der Waals surface area contributed by atoms with Crippen LogP contribution in [-0.4, -0.2) is 99.6 Å². The first kappa shape index (κ1) is 75.2. The van der Waals surface area contributed by atoms with Crippen molar-refractivity contribution < 1.29 is 49.3 Å². The van der Waals surface area contributed by atoms with Crippen molar-refractivity contribution in [2.45, 2.75) is 384 Å². The van der Waals surface area contributed by atoms with Crippen LogP contribution in [0.3, 0.4) is 0 Å². The number of unbranched alkanes of at least 4 members (excludes halogenated alkanes) is 43. The molecule has 1 rings (SSSR count). The van der Waals surface area contributed by atoms with Gasteiger partial charge >= 0.3 is 5.97 Å². The minimum atomic E-state index is -1.61. The molecule has 1 heterocycles. The number of esters is 1. The van der Waals surface area contributed by atoms with Crippen LogP contribution < -0.4 is 5.32 Å². The van der Waals surface area contributed by atoms with Gasteiger partial charge in [0, 0.05) is 6.42 Å². The topological polar surface area (TPSA) is 175 Å². The molecule has 1 saturated heterocycles. The summed E-state index contributed by atoms with van der Waals surface area (Å²) in [5.74, 6) is -1.18. The highest BCUT2D eigenvalue weighted by Crippen LogP contribution is 2.26. The Labute approximate surface area is 486 Å². The number of nitrogens with one attached hydrogen (secondary N) is 1. The Morgan fingerprint density at radius 3 is 1.23 bits per heavy atom. The molecule has 6 N–H and O–H groups in total. The van der Waals surface area contributed by atoms with E-state index in [1.807, 2.05) is 6.08 Å². The zero-order valence-electron chi connectivity index (χ0n) is 51.8. The van der Waals surface area contributed by atoms with Crippen LogP contribution >= 0.6 is 0 Å². The fourth-order valence-corrected chi connectivity index (χ4v) is 10.9. The maximum Gasteiger partial charge on any atom is 0.306 e. The summed E-state index contributed by atoms with van der Waals surface area (Å²) in [6.07, 6.45) is 56.7. The van der Waals surface area contributed by atoms with Crippen molar-refractivity contribution in [2.24, 2.45) is 0 Å². The molecule has 0 aromatic carbocycles. The van der Waals surface area contributed by atoms with E-state index in [-0.39, 0.29) is 13.0 Å². The van der Waals surface area contributed by atoms with Crippen LogP contribution in [0.25, 0.3) is 0 Å². The van der Waals surface area contributed by atoms with Crippen molar-refractivity contribution in [3.63, 3.8) is 0 Å². The number of carbonyl (C=O) groups is 2. The van der Waals surface area contributed by atoms with E-state index in [0.717, 1.165) is 57.8 Å². The summed E-state index contributed by atoms with van der Waals surface area (Å²) in [4.78, 5) is 26.6. The van der Waals surface area contributed by atoms with Gasteiger partial charge in [0.25, 0.3) is 0 Å². The third-order valence-electron chi connectivity index (χ3n) is 16.4. The van der Waals surface area contributed by atoms with E-state index in [9.17, 15) is 35.1 Å². The predicted octanol–water partition coefficient (Wildman–Crippen LogP) is 16.8. The first-order chi connectivity index (χ1) is 38.7. The maximum atomic E-state index is 13.5. The molecule has 11 heteroatoms. The fourth-order valence-electron chi connectivity index (χ4n) is 10.9. The van der Waals surface area contributed by atoms with Gasteiger partial charge < -0.3 is 45.1 Å². The summed E-state index contributed by atoms with van der Waals surface area (Å²) in [5, 5.41) is 57.0. The fraction of sp³-hybridized carbons (Fsp3) is 0.912. The van der Waals surface area contributed by atoms with Crippen LogP contribution in [0, 0.1) is 0 Å². The van der Waals surface area contributed by atoms with E-state index in [2.05, 4.69) is 38.2 Å². The van der Waals surface area contributed by atoms with E-state index < -0.39 is 67.4 Å². The predicted molar refractivity (Wildman–Crippen MR) is 329 cm³/mol. The highest BCUT2D eigenvalue weighted by molar-refractivity contribution is 5.80. The molecule has 0 aromatic heterocycles. The van der Waals surface area contributed by atoms with Crippen molar-refractivity contribution in [3.8, 4) is 0 Å². The number of aliphatic hydroxyl groups excluding tert-OH is 5. The number of aliphatic hydroxyl groups is 5. The van der Waals surface area contributed by atoms with Crippen LogP contribution in [0.2, 0.25) is 0 Å². The Kier molecular flexibility index (Phi) is 53.9. The molecule has 8 atom stereocenters. The van der Waals surface area contributed by atoms with Gasteiger partial charge in [0.1, 0.15) is 24.4 Å². The summed E-state index contributed by atoms with van der Waals surface area (Å²) in [5.41, 5.74) is 0. The summed E-state index contributed by atoms with van der Waals surface area (Å²) in [7, 11) is 0. The average Bonchev–Trinajstić information content (AvgIpc) is 3.44. The minimum absolute atomic E-state index is 0.130. The van der Waals surface area contributed by atoms with E-state index in [1.54, 1.807) is 6.08 Å². The van der Waals surface area contributed by atoms with Gasteiger partial charge in [0.05, 0.1) is 25.4 Å². The van der Waals surface area contributed by atoms with Crippen LogP contribution in [-0.2, 0) is 23.8 Å². The number of allylic oxidation sites excluding steroid dienone is 3. The Hall–Kier alpha value is -1.86. The van der Waals surface area contributed by atoms with Crippen molar-refractivity contribution in [1.29, 1.82) is 0 Å². The molecule has 0 aliphatic carbocycles. The second kappa shape index (κ2) is 56.6. The average molecular weight is 1120 g/mol. The first-order valence-corrected chi connectivity index (χ1v) is 34.1. The SMILES string of the molecule is CCCCCCCC/C=C/CCCCCCCCCCCCCCCCCCC(O)C(=O)NC(COC1OC(CO)C(O)C(O)C1OC(=O)CCCCCCCCCCCCCCC)C(O)/C=C/CCCCCCCCCCC. The van der Waals surface area contributed by atoms with Crippen LogP contribution in [0.15, 0.2) is 24.3 Å². The van der Waals surface area contributed by atoms with Gasteiger partial charge in [0.15, 0.2) is 12.4 Å². The summed E-state index contributed by atoms with van der Waals surface area (Å²) in [6, 6.07) is -1.02. The molecular weight excluding hydrogens is 991 g/mol. The summed E-state index contributed by atoms with van der Waals surface area (Å²) < 4.78 is 17.6. The van der Waals surface area contributed by atoms with Gasteiger partial charge in [-0.25, -0.2) is 0 Å². The van der Waals surface area contributed by atoms with Gasteiger partial charge in [-0.2, -0.15) is 0 Å². The highest BCUT2D eigenvalue weighted by Gasteiger charge is 2.47. The van der Waals surface area contributed by atoms with Gasteiger partial charge in [-0.05, 0) is 51.4 Å². The lowest BCUT2D eigenvalue weighted by molar-refractivity contribution is -0.305. The highest BCUT2D eigenvalue weighted by atomic mass is 16.7. The lowest BCUT2D eigenvalue weighted by Gasteiger charge is -2.41. The standard InChI is InChI=1S/C68H129NO10/c1-4-7-10-13-16-19-22-24-25-26-27-28-29-30-31-32-33-34-35-36-38-40-43-46-49-52-55-61(72)67(76)69-59(60(71)54-51-48-45-42-39-21-18-15-12-9-6-3)58-77-68-66(65(75)64(74)62(57-70)78-68)79-63(73)56-53-50-47-44-41-37-23-20-17-14-11-8-5-2/h24-25,51,54,59-62,64-66,68,70-72,74-75H,4-23,26-50,52-53,55-58H2,1-3H3,(H,69,76)/b25-24+,54-51+. The zero-order chi connectivity index (χ0) is 57.5. The normalized spacial score (nSPS) is 18.9. The summed E-state index contributed by atoms with van der Waals surface area (Å²) in [6.45, 7) is 5.81. The number of hydrogen-bond acceptors (Lipinski definition) is 10. The van der Waals surface area contributed by atoms with Crippen molar-refractivity contribution >= 4 is 11.9 Å². The molecule has 0 radical (unpaired) electrons. The van der Waals surface area contributed by atoms with Crippen LogP contribution in [0.4, 0.5) is 0 Å². The van der Waals surface area contributed by atoms with E-state index in [4.69, 9.17) is 14.2 Å². The molecule has 11 nitrogen and oxygen atoms in total. The molecule has 0 saturated carbocycles. The monoisotopic (exact) mass is 1120 g/mol. The lowest BCUT2D eigenvalue weighted by atomic mass is 9.99. The number of amides is 1. The van der Waals surface area contributed by atoms with Crippen molar-refractivity contribution in [2.75, 3.05) is 13.2 Å². The number of rotatable bonds is 59. The van der Waals surface area contributed by atoms with Gasteiger partial charge in [-0.3, -0.25) is 9.59 Å². The molecule has 1 aliphatic heterocycles. The smallest absolute Gasteiger partial charge is 0.306 e. The molecule has 1 fully saturated rings. The molecule has 8 unspecified atom stereocenters. The minimum Gasteiger partial charge on any atom is -0.454 e. The second-order valence-electron chi connectivity index (χ2n) is 23.9. The largest absolute Gasteiger partial charge is 0.454 e. The molecule has 0 aromatic rings. The quantitative estimate of drug-likeness (QED) is 0.0195. The van der Waals surface area contributed by atoms with Gasteiger partial charge in [0.2, 0.25) is 5.91 Å². The van der Waals surface area contributed by atoms with Crippen molar-refractivity contribution in [3.05, 3.63) is 24.3 Å². The molecule has 1 amide bonds. The van der Waals surface area contributed by atoms with Crippen LogP contribution in [0.5, 0.6) is 0 Å². The second-order valence-corrected chi connectivity index (χ2v) is 23.9. The lowest BCUT2D eigenvalue weighted by Crippen LogP contribution is -2.61. The maximum absolute atomic E-state index is 13.5.